The van der Waals surface area contributed by atoms with Crippen molar-refractivity contribution in [2.45, 2.75) is 24.7 Å². The van der Waals surface area contributed by atoms with Crippen LogP contribution in [0, 0.1) is 0 Å². The molecule has 0 radical (unpaired) electrons. The van der Waals surface area contributed by atoms with E-state index in [2.05, 4.69) is 40.2 Å². The highest BCUT2D eigenvalue weighted by Gasteiger charge is 2.13. The van der Waals surface area contributed by atoms with Crippen molar-refractivity contribution in [2.75, 3.05) is 5.75 Å². The monoisotopic (exact) mass is 435 g/mol. The quantitative estimate of drug-likeness (QED) is 0.380. The predicted octanol–water partition coefficient (Wildman–Crippen LogP) is 5.34. The van der Waals surface area contributed by atoms with Crippen LogP contribution in [-0.4, -0.2) is 21.2 Å². The summed E-state index contributed by atoms with van der Waals surface area (Å²) in [5.41, 5.74) is 4.23. The Morgan fingerprint density at radius 2 is 1.70 bits per heavy atom. The zero-order valence-corrected chi connectivity index (χ0v) is 18.0. The average Bonchev–Trinajstić information content (AvgIpc) is 3.14. The van der Waals surface area contributed by atoms with Gasteiger partial charge in [0.05, 0.1) is 16.8 Å². The van der Waals surface area contributed by atoms with E-state index in [9.17, 15) is 4.79 Å². The van der Waals surface area contributed by atoms with Gasteiger partial charge in [0, 0.05) is 18.1 Å². The first-order chi connectivity index (χ1) is 14.7. The van der Waals surface area contributed by atoms with Crippen LogP contribution in [0.5, 0.6) is 0 Å². The minimum atomic E-state index is -0.0402. The van der Waals surface area contributed by atoms with E-state index in [0.29, 0.717) is 17.3 Å². The van der Waals surface area contributed by atoms with Crippen molar-refractivity contribution in [1.29, 1.82) is 0 Å². The molecule has 1 amide bonds. The molecular weight excluding hydrogens is 414 g/mol. The molecule has 0 aliphatic heterocycles. The molecule has 30 heavy (non-hydrogen) atoms. The molecule has 0 atom stereocenters. The van der Waals surface area contributed by atoms with Crippen LogP contribution in [0.1, 0.15) is 11.1 Å². The van der Waals surface area contributed by atoms with Crippen molar-refractivity contribution >= 4 is 40.3 Å². The number of carbonyl (C=O) groups excluding carboxylic acids is 1. The van der Waals surface area contributed by atoms with Crippen LogP contribution in [-0.2, 0) is 24.3 Å². The van der Waals surface area contributed by atoms with Gasteiger partial charge >= 0.3 is 0 Å². The van der Waals surface area contributed by atoms with Gasteiger partial charge in [0.2, 0.25) is 5.91 Å². The van der Waals surface area contributed by atoms with E-state index in [1.165, 1.54) is 17.3 Å². The van der Waals surface area contributed by atoms with Gasteiger partial charge in [-0.2, -0.15) is 0 Å². The summed E-state index contributed by atoms with van der Waals surface area (Å²) in [7, 11) is 0. The van der Waals surface area contributed by atoms with Crippen LogP contribution in [0.4, 0.5) is 0 Å². The number of fused-ring (bicyclic) bond motifs is 1. The van der Waals surface area contributed by atoms with Crippen molar-refractivity contribution in [3.05, 3.63) is 95.0 Å². The van der Waals surface area contributed by atoms with Gasteiger partial charge in [0.1, 0.15) is 0 Å². The molecule has 4 aromatic rings. The molecule has 0 unspecified atom stereocenters. The second-order valence-corrected chi connectivity index (χ2v) is 8.28. The SMILES string of the molecule is O=C(CSc1nc2ccccc2n1CCc1ccccc1)NCc1ccccc1Cl. The third kappa shape index (κ3) is 5.04. The summed E-state index contributed by atoms with van der Waals surface area (Å²) >= 11 is 7.62. The zero-order valence-electron chi connectivity index (χ0n) is 16.4. The zero-order chi connectivity index (χ0) is 20.8. The van der Waals surface area contributed by atoms with E-state index in [1.54, 1.807) is 0 Å². The lowest BCUT2D eigenvalue weighted by molar-refractivity contribution is -0.118. The number of benzene rings is 3. The Morgan fingerprint density at radius 3 is 2.53 bits per heavy atom. The molecule has 0 bridgehead atoms. The number of rotatable bonds is 8. The molecule has 0 fully saturated rings. The standard InChI is InChI=1S/C24H22ClN3OS/c25-20-11-5-4-10-19(20)16-26-23(29)17-30-24-27-21-12-6-7-13-22(21)28(24)15-14-18-8-2-1-3-9-18/h1-13H,14-17H2,(H,26,29). The number of thioether (sulfide) groups is 1. The number of aryl methyl sites for hydroxylation is 2. The number of nitrogens with one attached hydrogen (secondary N) is 1. The van der Waals surface area contributed by atoms with E-state index in [1.807, 2.05) is 48.5 Å². The van der Waals surface area contributed by atoms with Crippen LogP contribution in [0.25, 0.3) is 11.0 Å². The topological polar surface area (TPSA) is 46.9 Å². The fraction of sp³-hybridized carbons (Fsp3) is 0.167. The van der Waals surface area contributed by atoms with Crippen molar-refractivity contribution in [3.8, 4) is 0 Å². The minimum Gasteiger partial charge on any atom is -0.351 e. The van der Waals surface area contributed by atoms with E-state index < -0.39 is 0 Å². The second kappa shape index (κ2) is 9.83. The molecule has 1 heterocycles. The van der Waals surface area contributed by atoms with Crippen molar-refractivity contribution in [1.82, 2.24) is 14.9 Å². The molecule has 0 spiro atoms. The second-order valence-electron chi connectivity index (χ2n) is 6.93. The Kier molecular flexibility index (Phi) is 6.72. The van der Waals surface area contributed by atoms with Gasteiger partial charge < -0.3 is 9.88 Å². The van der Waals surface area contributed by atoms with E-state index >= 15 is 0 Å². The highest BCUT2D eigenvalue weighted by molar-refractivity contribution is 7.99. The maximum Gasteiger partial charge on any atom is 0.230 e. The predicted molar refractivity (Wildman–Crippen MR) is 124 cm³/mol. The molecular formula is C24H22ClN3OS. The number of nitrogens with zero attached hydrogens (tertiary/aromatic N) is 2. The maximum atomic E-state index is 12.4. The van der Waals surface area contributed by atoms with Gasteiger partial charge in [-0.1, -0.05) is 84.0 Å². The summed E-state index contributed by atoms with van der Waals surface area (Å²) in [5.74, 6) is 0.264. The third-order valence-corrected chi connectivity index (χ3v) is 6.20. The highest BCUT2D eigenvalue weighted by atomic mass is 35.5. The Balaban J connectivity index is 1.42. The first kappa shape index (κ1) is 20.5. The molecule has 1 N–H and O–H groups in total. The molecule has 0 aliphatic rings. The Labute approximate surface area is 185 Å². The Bertz CT molecular complexity index is 1140. The Hall–Kier alpha value is -2.76. The van der Waals surface area contributed by atoms with E-state index in [-0.39, 0.29) is 5.91 Å². The van der Waals surface area contributed by atoms with Gasteiger partial charge in [0.25, 0.3) is 0 Å². The summed E-state index contributed by atoms with van der Waals surface area (Å²) in [5, 5.41) is 4.46. The van der Waals surface area contributed by atoms with Crippen molar-refractivity contribution < 1.29 is 4.79 Å². The molecule has 0 saturated carbocycles. The molecule has 0 aliphatic carbocycles. The van der Waals surface area contributed by atoms with E-state index in [0.717, 1.165) is 34.7 Å². The van der Waals surface area contributed by atoms with Crippen LogP contribution < -0.4 is 5.32 Å². The molecule has 152 valence electrons. The van der Waals surface area contributed by atoms with Crippen molar-refractivity contribution in [2.24, 2.45) is 0 Å². The fourth-order valence-electron chi connectivity index (χ4n) is 3.28. The number of carbonyl (C=O) groups is 1. The summed E-state index contributed by atoms with van der Waals surface area (Å²) in [6.07, 6.45) is 0.910. The number of aromatic nitrogens is 2. The minimum absolute atomic E-state index is 0.0402. The van der Waals surface area contributed by atoms with Gasteiger partial charge in [-0.15, -0.1) is 0 Å². The van der Waals surface area contributed by atoms with Gasteiger partial charge in [-0.05, 0) is 35.7 Å². The lowest BCUT2D eigenvalue weighted by atomic mass is 10.1. The summed E-state index contributed by atoms with van der Waals surface area (Å²) in [4.78, 5) is 17.1. The van der Waals surface area contributed by atoms with Crippen LogP contribution in [0.2, 0.25) is 5.02 Å². The molecule has 4 rings (SSSR count). The number of hydrogen-bond acceptors (Lipinski definition) is 3. The molecule has 6 heteroatoms. The number of hydrogen-bond donors (Lipinski definition) is 1. The van der Waals surface area contributed by atoms with Gasteiger partial charge in [-0.3, -0.25) is 4.79 Å². The molecule has 1 aromatic heterocycles. The number of imidazole rings is 1. The summed E-state index contributed by atoms with van der Waals surface area (Å²) in [6.45, 7) is 1.23. The smallest absolute Gasteiger partial charge is 0.230 e. The molecule has 4 nitrogen and oxygen atoms in total. The number of para-hydroxylation sites is 2. The first-order valence-corrected chi connectivity index (χ1v) is 11.2. The number of amides is 1. The van der Waals surface area contributed by atoms with E-state index in [4.69, 9.17) is 16.6 Å². The maximum absolute atomic E-state index is 12.4. The largest absolute Gasteiger partial charge is 0.351 e. The summed E-state index contributed by atoms with van der Waals surface area (Å²) in [6, 6.07) is 26.0. The lowest BCUT2D eigenvalue weighted by Crippen LogP contribution is -2.24. The van der Waals surface area contributed by atoms with Crippen LogP contribution in [0.3, 0.4) is 0 Å². The average molecular weight is 436 g/mol. The lowest BCUT2D eigenvalue weighted by Gasteiger charge is -2.10. The summed E-state index contributed by atoms with van der Waals surface area (Å²) < 4.78 is 2.20. The molecule has 0 saturated heterocycles. The number of halogens is 1. The highest BCUT2D eigenvalue weighted by Crippen LogP contribution is 2.24. The van der Waals surface area contributed by atoms with Crippen molar-refractivity contribution in [3.63, 3.8) is 0 Å². The van der Waals surface area contributed by atoms with Crippen LogP contribution in [0.15, 0.2) is 84.0 Å². The Morgan fingerprint density at radius 1 is 0.967 bits per heavy atom. The third-order valence-electron chi connectivity index (χ3n) is 4.85. The van der Waals surface area contributed by atoms with Crippen LogP contribution >= 0.6 is 23.4 Å². The normalized spacial score (nSPS) is 11.0. The first-order valence-electron chi connectivity index (χ1n) is 9.83. The fourth-order valence-corrected chi connectivity index (χ4v) is 4.36. The van der Waals surface area contributed by atoms with Gasteiger partial charge in [0.15, 0.2) is 5.16 Å². The molecule has 3 aromatic carbocycles. The van der Waals surface area contributed by atoms with Gasteiger partial charge in [-0.25, -0.2) is 4.98 Å².